The number of carbonyl (C=O) groups excluding carboxylic acids is 1. The van der Waals surface area contributed by atoms with E-state index in [0.717, 1.165) is 19.3 Å². The van der Waals surface area contributed by atoms with E-state index < -0.39 is 0 Å². The number of carbonyl (C=O) groups is 1. The first-order valence-electron chi connectivity index (χ1n) is 8.45. The number of amides is 1. The Hall–Kier alpha value is -3.02. The van der Waals surface area contributed by atoms with E-state index in [-0.39, 0.29) is 11.9 Å². The molecule has 0 fully saturated rings. The average Bonchev–Trinajstić information content (AvgIpc) is 3.09. The molecule has 4 rings (SSSR count). The summed E-state index contributed by atoms with van der Waals surface area (Å²) >= 11 is 0. The molecule has 1 aliphatic rings. The van der Waals surface area contributed by atoms with Crippen LogP contribution < -0.4 is 5.32 Å². The van der Waals surface area contributed by atoms with Crippen LogP contribution in [0.4, 0.5) is 5.82 Å². The summed E-state index contributed by atoms with van der Waals surface area (Å²) in [5, 5.41) is 15.2. The third-order valence-corrected chi connectivity index (χ3v) is 4.69. The number of nitrogens with zero attached hydrogens (tertiary/aromatic N) is 4. The molecule has 0 saturated heterocycles. The van der Waals surface area contributed by atoms with Crippen molar-refractivity contribution in [2.45, 2.75) is 32.2 Å². The Balaban J connectivity index is 1.64. The Kier molecular flexibility index (Phi) is 4.01. The number of hydrogen-bond donors (Lipinski definition) is 1. The van der Waals surface area contributed by atoms with Crippen molar-refractivity contribution >= 4 is 11.7 Å². The van der Waals surface area contributed by atoms with Crippen LogP contribution >= 0.6 is 0 Å². The van der Waals surface area contributed by atoms with Gasteiger partial charge in [-0.15, -0.1) is 0 Å². The second-order valence-corrected chi connectivity index (χ2v) is 6.25. The Morgan fingerprint density at radius 3 is 2.96 bits per heavy atom. The number of aromatic nitrogens is 4. The summed E-state index contributed by atoms with van der Waals surface area (Å²) in [5.74, 6) is 0.501. The van der Waals surface area contributed by atoms with Crippen LogP contribution in [0.3, 0.4) is 0 Å². The fourth-order valence-electron chi connectivity index (χ4n) is 3.47. The van der Waals surface area contributed by atoms with Gasteiger partial charge in [0.2, 0.25) is 0 Å². The summed E-state index contributed by atoms with van der Waals surface area (Å²) in [4.78, 5) is 12.6. The predicted octanol–water partition coefficient (Wildman–Crippen LogP) is 3.16. The highest BCUT2D eigenvalue weighted by molar-refractivity contribution is 6.04. The van der Waals surface area contributed by atoms with E-state index in [2.05, 4.69) is 44.9 Å². The van der Waals surface area contributed by atoms with Gasteiger partial charge in [-0.1, -0.05) is 24.3 Å². The molecule has 1 N–H and O–H groups in total. The lowest BCUT2D eigenvalue weighted by Crippen LogP contribution is -2.22. The van der Waals surface area contributed by atoms with E-state index in [1.54, 1.807) is 19.2 Å². The topological polar surface area (TPSA) is 72.7 Å². The molecule has 3 aromatic rings. The first-order chi connectivity index (χ1) is 12.2. The fourth-order valence-corrected chi connectivity index (χ4v) is 3.47. The van der Waals surface area contributed by atoms with Crippen molar-refractivity contribution < 1.29 is 4.79 Å². The average molecular weight is 333 g/mol. The maximum Gasteiger partial charge on any atom is 0.258 e. The molecule has 0 bridgehead atoms. The summed E-state index contributed by atoms with van der Waals surface area (Å²) in [7, 11) is 0. The van der Waals surface area contributed by atoms with Crippen LogP contribution in [0.1, 0.15) is 46.1 Å². The molecular formula is C19H19N5O. The van der Waals surface area contributed by atoms with Crippen molar-refractivity contribution in [3.8, 4) is 0 Å². The van der Waals surface area contributed by atoms with Gasteiger partial charge in [0.1, 0.15) is 5.82 Å². The van der Waals surface area contributed by atoms with Crippen LogP contribution in [0.15, 0.2) is 48.8 Å². The lowest BCUT2D eigenvalue weighted by molar-refractivity contribution is 0.102. The molecule has 0 spiro atoms. The first-order valence-corrected chi connectivity index (χ1v) is 8.45. The summed E-state index contributed by atoms with van der Waals surface area (Å²) in [6.07, 6.45) is 6.47. The standard InChI is InChI=1S/C19H19N5O/c1-13-15(9-11-20-23-13)19(25)22-18-10-12-21-24(18)17-8-4-6-14-5-2-3-7-16(14)17/h2-3,5,7,9-12,17H,4,6,8H2,1H3,(H,22,25)/t17-/m1/s1. The van der Waals surface area contributed by atoms with Crippen LogP contribution in [-0.2, 0) is 6.42 Å². The van der Waals surface area contributed by atoms with E-state index >= 15 is 0 Å². The molecule has 6 nitrogen and oxygen atoms in total. The molecule has 2 heterocycles. The highest BCUT2D eigenvalue weighted by Crippen LogP contribution is 2.34. The number of aryl methyl sites for hydroxylation is 2. The number of hydrogen-bond acceptors (Lipinski definition) is 4. The first kappa shape index (κ1) is 15.5. The molecule has 25 heavy (non-hydrogen) atoms. The third-order valence-electron chi connectivity index (χ3n) is 4.69. The van der Waals surface area contributed by atoms with Gasteiger partial charge in [0.05, 0.1) is 29.7 Å². The highest BCUT2D eigenvalue weighted by Gasteiger charge is 2.24. The molecule has 2 aromatic heterocycles. The molecule has 0 saturated carbocycles. The SMILES string of the molecule is Cc1nnccc1C(=O)Nc1ccnn1[C@@H]1CCCc2ccccc21. The van der Waals surface area contributed by atoms with Gasteiger partial charge in [-0.05, 0) is 43.4 Å². The van der Waals surface area contributed by atoms with E-state index in [9.17, 15) is 4.79 Å². The monoisotopic (exact) mass is 333 g/mol. The van der Waals surface area contributed by atoms with Crippen molar-refractivity contribution in [2.24, 2.45) is 0 Å². The lowest BCUT2D eigenvalue weighted by Gasteiger charge is -2.27. The Morgan fingerprint density at radius 1 is 1.20 bits per heavy atom. The van der Waals surface area contributed by atoms with E-state index in [4.69, 9.17) is 0 Å². The quantitative estimate of drug-likeness (QED) is 0.799. The van der Waals surface area contributed by atoms with Crippen molar-refractivity contribution in [2.75, 3.05) is 5.32 Å². The molecule has 6 heteroatoms. The normalized spacial score (nSPS) is 16.3. The Bertz CT molecular complexity index is 917. The minimum atomic E-state index is -0.196. The summed E-state index contributed by atoms with van der Waals surface area (Å²) in [6, 6.07) is 12.1. The second kappa shape index (κ2) is 6.47. The van der Waals surface area contributed by atoms with Crippen LogP contribution in [0.5, 0.6) is 0 Å². The predicted molar refractivity (Wildman–Crippen MR) is 94.5 cm³/mol. The van der Waals surface area contributed by atoms with E-state index in [1.807, 2.05) is 10.7 Å². The van der Waals surface area contributed by atoms with Gasteiger partial charge in [0.15, 0.2) is 0 Å². The zero-order valence-corrected chi connectivity index (χ0v) is 14.0. The zero-order valence-electron chi connectivity index (χ0n) is 14.0. The number of anilines is 1. The van der Waals surface area contributed by atoms with Crippen molar-refractivity contribution in [1.82, 2.24) is 20.0 Å². The van der Waals surface area contributed by atoms with Crippen LogP contribution in [0, 0.1) is 6.92 Å². The van der Waals surface area contributed by atoms with Crippen LogP contribution in [-0.4, -0.2) is 25.9 Å². The van der Waals surface area contributed by atoms with Crippen LogP contribution in [0.25, 0.3) is 0 Å². The Morgan fingerprint density at radius 2 is 2.08 bits per heavy atom. The molecule has 1 atom stereocenters. The van der Waals surface area contributed by atoms with Gasteiger partial charge in [-0.25, -0.2) is 4.68 Å². The summed E-state index contributed by atoms with van der Waals surface area (Å²) in [5.41, 5.74) is 3.77. The van der Waals surface area contributed by atoms with Gasteiger partial charge < -0.3 is 5.32 Å². The van der Waals surface area contributed by atoms with Gasteiger partial charge in [-0.3, -0.25) is 4.79 Å². The maximum atomic E-state index is 12.6. The molecule has 1 aliphatic carbocycles. The number of fused-ring (bicyclic) bond motifs is 1. The minimum absolute atomic E-state index is 0.145. The smallest absolute Gasteiger partial charge is 0.258 e. The zero-order chi connectivity index (χ0) is 17.2. The van der Waals surface area contributed by atoms with E-state index in [0.29, 0.717) is 17.1 Å². The molecule has 0 radical (unpaired) electrons. The molecular weight excluding hydrogens is 314 g/mol. The second-order valence-electron chi connectivity index (χ2n) is 6.25. The Labute approximate surface area is 145 Å². The van der Waals surface area contributed by atoms with Crippen LogP contribution in [0.2, 0.25) is 0 Å². The molecule has 1 amide bonds. The largest absolute Gasteiger partial charge is 0.307 e. The molecule has 0 unspecified atom stereocenters. The highest BCUT2D eigenvalue weighted by atomic mass is 16.1. The number of nitrogens with one attached hydrogen (secondary N) is 1. The molecule has 1 aromatic carbocycles. The molecule has 126 valence electrons. The van der Waals surface area contributed by atoms with Crippen molar-refractivity contribution in [1.29, 1.82) is 0 Å². The minimum Gasteiger partial charge on any atom is -0.307 e. The number of benzene rings is 1. The summed E-state index contributed by atoms with van der Waals surface area (Å²) in [6.45, 7) is 1.77. The lowest BCUT2D eigenvalue weighted by atomic mass is 9.88. The van der Waals surface area contributed by atoms with Gasteiger partial charge >= 0.3 is 0 Å². The van der Waals surface area contributed by atoms with Gasteiger partial charge in [-0.2, -0.15) is 15.3 Å². The van der Waals surface area contributed by atoms with E-state index in [1.165, 1.54) is 17.3 Å². The molecule has 0 aliphatic heterocycles. The maximum absolute atomic E-state index is 12.6. The summed E-state index contributed by atoms with van der Waals surface area (Å²) < 4.78 is 1.92. The fraction of sp³-hybridized carbons (Fsp3) is 0.263. The van der Waals surface area contributed by atoms with Gasteiger partial charge in [0, 0.05) is 6.07 Å². The van der Waals surface area contributed by atoms with Crippen molar-refractivity contribution in [3.05, 3.63) is 71.2 Å². The third kappa shape index (κ3) is 2.91. The van der Waals surface area contributed by atoms with Gasteiger partial charge in [0.25, 0.3) is 5.91 Å². The van der Waals surface area contributed by atoms with Crippen molar-refractivity contribution in [3.63, 3.8) is 0 Å². The number of rotatable bonds is 3.